The lowest BCUT2D eigenvalue weighted by molar-refractivity contribution is -0.128. The summed E-state index contributed by atoms with van der Waals surface area (Å²) >= 11 is 0. The molecule has 212 valence electrons. The van der Waals surface area contributed by atoms with E-state index in [2.05, 4.69) is 23.5 Å². The maximum absolute atomic E-state index is 13.4. The van der Waals surface area contributed by atoms with Gasteiger partial charge in [0.15, 0.2) is 9.84 Å². The van der Waals surface area contributed by atoms with Crippen LogP contribution in [0.25, 0.3) is 27.7 Å². The van der Waals surface area contributed by atoms with Crippen molar-refractivity contribution >= 4 is 49.8 Å². The largest absolute Gasteiger partial charge is 0.490 e. The van der Waals surface area contributed by atoms with E-state index >= 15 is 0 Å². The second kappa shape index (κ2) is 10.7. The van der Waals surface area contributed by atoms with E-state index in [-0.39, 0.29) is 47.3 Å². The number of aromatic nitrogens is 2. The predicted octanol–water partition coefficient (Wildman–Crippen LogP) is 1.17. The molecule has 2 aromatic carbocycles. The molecule has 0 radical (unpaired) electrons. The van der Waals surface area contributed by atoms with Crippen molar-refractivity contribution in [1.29, 1.82) is 0 Å². The molecule has 0 spiro atoms. The van der Waals surface area contributed by atoms with Gasteiger partial charge in [0.05, 0.1) is 40.3 Å². The molecule has 2 aliphatic rings. The van der Waals surface area contributed by atoms with E-state index in [1.54, 1.807) is 35.2 Å². The minimum atomic E-state index is -3.19. The molecule has 13 heteroatoms. The van der Waals surface area contributed by atoms with Crippen LogP contribution in [0.2, 0.25) is 0 Å². The minimum Gasteiger partial charge on any atom is -0.490 e. The van der Waals surface area contributed by atoms with Crippen LogP contribution >= 0.6 is 0 Å². The molecule has 0 unspecified atom stereocenters. The Morgan fingerprint density at radius 1 is 1.05 bits per heavy atom. The topological polar surface area (TPSA) is 148 Å². The Kier molecular flexibility index (Phi) is 7.22. The minimum absolute atomic E-state index is 0.00127. The van der Waals surface area contributed by atoms with Gasteiger partial charge in [-0.3, -0.25) is 23.7 Å². The Morgan fingerprint density at radius 3 is 2.49 bits per heavy atom. The molecule has 1 saturated heterocycles. The van der Waals surface area contributed by atoms with Gasteiger partial charge in [-0.15, -0.1) is 0 Å². The number of hydrogen-bond donors (Lipinski definition) is 1. The van der Waals surface area contributed by atoms with Crippen molar-refractivity contribution in [2.75, 3.05) is 42.6 Å². The van der Waals surface area contributed by atoms with Crippen LogP contribution in [0.5, 0.6) is 5.75 Å². The first-order valence-electron chi connectivity index (χ1n) is 12.7. The predicted molar refractivity (Wildman–Crippen MR) is 153 cm³/mol. The van der Waals surface area contributed by atoms with Crippen LogP contribution in [-0.4, -0.2) is 78.3 Å². The van der Waals surface area contributed by atoms with Crippen LogP contribution in [0.3, 0.4) is 0 Å². The Balaban J connectivity index is 1.38. The number of amides is 3. The van der Waals surface area contributed by atoms with E-state index in [1.165, 1.54) is 18.2 Å². The van der Waals surface area contributed by atoms with Crippen LogP contribution in [0.4, 0.5) is 5.69 Å². The van der Waals surface area contributed by atoms with Gasteiger partial charge in [0.2, 0.25) is 5.91 Å². The lowest BCUT2D eigenvalue weighted by atomic mass is 10.0. The SMILES string of the molecule is C=C(NC(=O)C(=C)n1cnc2c(-c3ccc4c(c3)OCCN4C(C)=O)cccc2c1=O)C(=O)N1CCS(=O)(=O)CC1. The van der Waals surface area contributed by atoms with Gasteiger partial charge < -0.3 is 19.9 Å². The number of anilines is 1. The number of nitrogens with one attached hydrogen (secondary N) is 1. The summed E-state index contributed by atoms with van der Waals surface area (Å²) in [6.45, 7) is 9.61. The van der Waals surface area contributed by atoms with Crippen molar-refractivity contribution in [1.82, 2.24) is 19.8 Å². The van der Waals surface area contributed by atoms with Crippen LogP contribution in [0.1, 0.15) is 6.92 Å². The molecule has 0 aliphatic carbocycles. The molecular weight excluding hydrogens is 550 g/mol. The molecule has 5 rings (SSSR count). The summed E-state index contributed by atoms with van der Waals surface area (Å²) in [5, 5.41) is 2.58. The standard InChI is InChI=1S/C28H27N5O7S/c1-17(27(36)31-10-13-41(38,39)14-11-31)30-26(35)18(2)33-16-29-25-21(5-4-6-22(25)28(33)37)20-7-8-23-24(15-20)40-12-9-32(23)19(3)34/h4-8,15-16H,1-2,9-14H2,3H3,(H,30,35). The lowest BCUT2D eigenvalue weighted by Gasteiger charge is -2.29. The number of rotatable bonds is 5. The number of sulfone groups is 1. The zero-order chi connectivity index (χ0) is 29.5. The molecule has 0 atom stereocenters. The van der Waals surface area contributed by atoms with Crippen LogP contribution < -0.4 is 20.5 Å². The smallest absolute Gasteiger partial charge is 0.272 e. The fourth-order valence-corrected chi connectivity index (χ4v) is 5.97. The molecule has 0 saturated carbocycles. The number of hydrogen-bond acceptors (Lipinski definition) is 8. The Bertz CT molecular complexity index is 1800. The monoisotopic (exact) mass is 577 g/mol. The van der Waals surface area contributed by atoms with Gasteiger partial charge in [-0.1, -0.05) is 31.4 Å². The molecule has 3 aromatic rings. The second-order valence-electron chi connectivity index (χ2n) is 9.65. The summed E-state index contributed by atoms with van der Waals surface area (Å²) in [5.41, 5.74) is 1.33. The van der Waals surface area contributed by atoms with E-state index in [4.69, 9.17) is 4.74 Å². The van der Waals surface area contributed by atoms with E-state index in [0.717, 1.165) is 10.1 Å². The third kappa shape index (κ3) is 5.35. The molecule has 0 bridgehead atoms. The van der Waals surface area contributed by atoms with E-state index in [9.17, 15) is 27.6 Å². The van der Waals surface area contributed by atoms with Crippen LogP contribution in [0, 0.1) is 0 Å². The molecule has 1 fully saturated rings. The molecule has 1 aromatic heterocycles. The van der Waals surface area contributed by atoms with Crippen LogP contribution in [-0.2, 0) is 24.2 Å². The number of ether oxygens (including phenoxy) is 1. The van der Waals surface area contributed by atoms with Crippen LogP contribution in [0.15, 0.2) is 66.4 Å². The average Bonchev–Trinajstić information content (AvgIpc) is 2.95. The number of carbonyl (C=O) groups is 3. The zero-order valence-electron chi connectivity index (χ0n) is 22.3. The maximum atomic E-state index is 13.4. The average molecular weight is 578 g/mol. The molecule has 12 nitrogen and oxygen atoms in total. The van der Waals surface area contributed by atoms with Crippen molar-refractivity contribution < 1.29 is 27.5 Å². The Morgan fingerprint density at radius 2 is 1.78 bits per heavy atom. The van der Waals surface area contributed by atoms with Gasteiger partial charge in [0.25, 0.3) is 17.4 Å². The van der Waals surface area contributed by atoms with Gasteiger partial charge in [-0.25, -0.2) is 13.4 Å². The highest BCUT2D eigenvalue weighted by atomic mass is 32.2. The summed E-state index contributed by atoms with van der Waals surface area (Å²) in [7, 11) is -3.19. The first-order chi connectivity index (χ1) is 19.5. The highest BCUT2D eigenvalue weighted by Gasteiger charge is 2.28. The molecule has 41 heavy (non-hydrogen) atoms. The third-order valence-electron chi connectivity index (χ3n) is 7.01. The molecular formula is C28H27N5O7S. The fourth-order valence-electron chi connectivity index (χ4n) is 4.77. The third-order valence-corrected chi connectivity index (χ3v) is 8.62. The van der Waals surface area contributed by atoms with Crippen molar-refractivity contribution in [3.8, 4) is 16.9 Å². The number of para-hydroxylation sites is 1. The highest BCUT2D eigenvalue weighted by molar-refractivity contribution is 7.91. The van der Waals surface area contributed by atoms with Crippen molar-refractivity contribution in [3.63, 3.8) is 0 Å². The zero-order valence-corrected chi connectivity index (χ0v) is 23.1. The fraction of sp³-hybridized carbons (Fsp3) is 0.250. The van der Waals surface area contributed by atoms with Crippen molar-refractivity contribution in [2.24, 2.45) is 0 Å². The highest BCUT2D eigenvalue weighted by Crippen LogP contribution is 2.37. The van der Waals surface area contributed by atoms with Gasteiger partial charge in [-0.05, 0) is 23.8 Å². The second-order valence-corrected chi connectivity index (χ2v) is 12.0. The van der Waals surface area contributed by atoms with Crippen molar-refractivity contribution in [3.05, 3.63) is 71.9 Å². The first kappa shape index (κ1) is 27.8. The summed E-state index contributed by atoms with van der Waals surface area (Å²) in [6, 6.07) is 10.5. The normalized spacial score (nSPS) is 15.9. The van der Waals surface area contributed by atoms with E-state index < -0.39 is 27.2 Å². The van der Waals surface area contributed by atoms with Gasteiger partial charge >= 0.3 is 0 Å². The Labute approximate surface area is 235 Å². The summed E-state index contributed by atoms with van der Waals surface area (Å²) in [5.74, 6) is -1.33. The number of fused-ring (bicyclic) bond motifs is 2. The Hall–Kier alpha value is -4.78. The lowest BCUT2D eigenvalue weighted by Crippen LogP contribution is -2.46. The number of nitrogens with zero attached hydrogens (tertiary/aromatic N) is 4. The molecule has 3 amide bonds. The van der Waals surface area contributed by atoms with Gasteiger partial charge in [0.1, 0.15) is 24.4 Å². The molecule has 3 heterocycles. The van der Waals surface area contributed by atoms with Gasteiger partial charge in [0, 0.05) is 25.6 Å². The number of benzene rings is 2. The first-order valence-corrected chi connectivity index (χ1v) is 14.5. The maximum Gasteiger partial charge on any atom is 0.272 e. The van der Waals surface area contributed by atoms with E-state index in [1.807, 2.05) is 6.07 Å². The quantitative estimate of drug-likeness (QED) is 0.445. The van der Waals surface area contributed by atoms with Gasteiger partial charge in [-0.2, -0.15) is 0 Å². The van der Waals surface area contributed by atoms with Crippen molar-refractivity contribution in [2.45, 2.75) is 6.92 Å². The number of carbonyl (C=O) groups excluding carboxylic acids is 3. The van der Waals surface area contributed by atoms with E-state index in [0.29, 0.717) is 35.7 Å². The summed E-state index contributed by atoms with van der Waals surface area (Å²) in [4.78, 5) is 58.3. The summed E-state index contributed by atoms with van der Waals surface area (Å²) in [6.07, 6.45) is 1.18. The summed E-state index contributed by atoms with van der Waals surface area (Å²) < 4.78 is 30.0. The molecule has 1 N–H and O–H groups in total. The molecule has 2 aliphatic heterocycles.